The zero-order chi connectivity index (χ0) is 14.7. The minimum atomic E-state index is -0.498. The maximum atomic E-state index is 11.2. The molecule has 0 aliphatic carbocycles. The topological polar surface area (TPSA) is 91.8 Å². The molecule has 2 rings (SSSR count). The van der Waals surface area contributed by atoms with E-state index in [2.05, 4.69) is 16.4 Å². The first kappa shape index (κ1) is 13.6. The average molecular weight is 266 g/mol. The summed E-state index contributed by atoms with van der Waals surface area (Å²) in [5, 5.41) is 12.3. The highest BCUT2D eigenvalue weighted by atomic mass is 16.1. The molecule has 1 heterocycles. The predicted molar refractivity (Wildman–Crippen MR) is 76.7 cm³/mol. The van der Waals surface area contributed by atoms with Gasteiger partial charge in [-0.3, -0.25) is 4.79 Å². The van der Waals surface area contributed by atoms with Crippen molar-refractivity contribution >= 4 is 17.4 Å². The number of pyridine rings is 1. The molecule has 5 heteroatoms. The molecule has 100 valence electrons. The van der Waals surface area contributed by atoms with Gasteiger partial charge in [0.2, 0.25) is 5.91 Å². The van der Waals surface area contributed by atoms with E-state index in [1.54, 1.807) is 24.3 Å². The summed E-state index contributed by atoms with van der Waals surface area (Å²) in [7, 11) is 0. The molecule has 0 saturated carbocycles. The monoisotopic (exact) mass is 266 g/mol. The Hall–Kier alpha value is -2.87. The summed E-state index contributed by atoms with van der Waals surface area (Å²) >= 11 is 0. The van der Waals surface area contributed by atoms with Gasteiger partial charge in [0.25, 0.3) is 0 Å². The Bertz CT molecular complexity index is 716. The maximum absolute atomic E-state index is 11.2. The van der Waals surface area contributed by atoms with Crippen LogP contribution in [0.4, 0.5) is 11.5 Å². The van der Waals surface area contributed by atoms with Gasteiger partial charge in [-0.2, -0.15) is 5.26 Å². The Morgan fingerprint density at radius 3 is 2.75 bits per heavy atom. The van der Waals surface area contributed by atoms with Gasteiger partial charge < -0.3 is 11.1 Å². The number of rotatable bonds is 3. The lowest BCUT2D eigenvalue weighted by Crippen LogP contribution is -2.11. The van der Waals surface area contributed by atoms with Crippen molar-refractivity contribution in [1.82, 2.24) is 4.98 Å². The van der Waals surface area contributed by atoms with E-state index in [9.17, 15) is 10.1 Å². The first-order chi connectivity index (χ1) is 9.51. The van der Waals surface area contributed by atoms with Crippen molar-refractivity contribution < 1.29 is 4.79 Å². The molecule has 0 atom stereocenters. The van der Waals surface area contributed by atoms with Gasteiger partial charge in [0.1, 0.15) is 11.9 Å². The van der Waals surface area contributed by atoms with Crippen LogP contribution < -0.4 is 11.1 Å². The van der Waals surface area contributed by atoms with Crippen LogP contribution in [0, 0.1) is 25.2 Å². The number of aryl methyl sites for hydroxylation is 2. The average Bonchev–Trinajstić information content (AvgIpc) is 2.38. The minimum absolute atomic E-state index is 0.401. The zero-order valence-electron chi connectivity index (χ0n) is 11.3. The quantitative estimate of drug-likeness (QED) is 0.892. The normalized spacial score (nSPS) is 9.85. The Morgan fingerprint density at radius 1 is 1.35 bits per heavy atom. The van der Waals surface area contributed by atoms with Crippen LogP contribution in [0.3, 0.4) is 0 Å². The smallest absolute Gasteiger partial charge is 0.248 e. The largest absolute Gasteiger partial charge is 0.366 e. The van der Waals surface area contributed by atoms with Crippen molar-refractivity contribution in [1.29, 1.82) is 5.26 Å². The molecule has 20 heavy (non-hydrogen) atoms. The van der Waals surface area contributed by atoms with Crippen molar-refractivity contribution in [2.24, 2.45) is 5.73 Å². The summed E-state index contributed by atoms with van der Waals surface area (Å²) in [5.41, 5.74) is 8.46. The third-order valence-corrected chi connectivity index (χ3v) is 2.87. The lowest BCUT2D eigenvalue weighted by molar-refractivity contribution is 0.100. The van der Waals surface area contributed by atoms with E-state index in [1.807, 2.05) is 19.9 Å². The second-order valence-electron chi connectivity index (χ2n) is 4.49. The number of anilines is 2. The van der Waals surface area contributed by atoms with E-state index in [-0.39, 0.29) is 0 Å². The summed E-state index contributed by atoms with van der Waals surface area (Å²) in [4.78, 5) is 15.5. The number of nitrogens with one attached hydrogen (secondary N) is 1. The molecular weight excluding hydrogens is 252 g/mol. The Kier molecular flexibility index (Phi) is 3.67. The van der Waals surface area contributed by atoms with Crippen LogP contribution in [-0.4, -0.2) is 10.9 Å². The lowest BCUT2D eigenvalue weighted by atomic mass is 10.1. The van der Waals surface area contributed by atoms with Gasteiger partial charge >= 0.3 is 0 Å². The lowest BCUT2D eigenvalue weighted by Gasteiger charge is -2.10. The molecule has 1 aromatic carbocycles. The number of hydrogen-bond acceptors (Lipinski definition) is 4. The van der Waals surface area contributed by atoms with Crippen LogP contribution in [0.15, 0.2) is 30.3 Å². The third kappa shape index (κ3) is 2.75. The van der Waals surface area contributed by atoms with E-state index < -0.39 is 5.91 Å². The van der Waals surface area contributed by atoms with Gasteiger partial charge in [0.15, 0.2) is 0 Å². The number of hydrogen-bond donors (Lipinski definition) is 2. The first-order valence-corrected chi connectivity index (χ1v) is 6.06. The number of nitrogens with two attached hydrogens (primary N) is 1. The molecule has 1 aromatic heterocycles. The second-order valence-corrected chi connectivity index (χ2v) is 4.49. The third-order valence-electron chi connectivity index (χ3n) is 2.87. The minimum Gasteiger partial charge on any atom is -0.366 e. The van der Waals surface area contributed by atoms with Crippen molar-refractivity contribution in [3.63, 3.8) is 0 Å². The van der Waals surface area contributed by atoms with Gasteiger partial charge in [-0.05, 0) is 43.7 Å². The zero-order valence-corrected chi connectivity index (χ0v) is 11.3. The van der Waals surface area contributed by atoms with E-state index in [0.29, 0.717) is 22.6 Å². The van der Waals surface area contributed by atoms with E-state index in [4.69, 9.17) is 5.73 Å². The molecule has 0 saturated heterocycles. The number of nitriles is 1. The van der Waals surface area contributed by atoms with Crippen molar-refractivity contribution in [3.8, 4) is 6.07 Å². The van der Waals surface area contributed by atoms with Gasteiger partial charge in [-0.25, -0.2) is 4.98 Å². The Morgan fingerprint density at radius 2 is 2.10 bits per heavy atom. The molecule has 0 fully saturated rings. The summed E-state index contributed by atoms with van der Waals surface area (Å²) in [6, 6.07) is 10.7. The summed E-state index contributed by atoms with van der Waals surface area (Å²) in [6.45, 7) is 3.72. The summed E-state index contributed by atoms with van der Waals surface area (Å²) in [5.74, 6) is -0.0193. The van der Waals surface area contributed by atoms with E-state index in [0.717, 1.165) is 11.3 Å². The van der Waals surface area contributed by atoms with E-state index >= 15 is 0 Å². The molecule has 5 nitrogen and oxygen atoms in total. The highest BCUT2D eigenvalue weighted by Crippen LogP contribution is 2.22. The fourth-order valence-corrected chi connectivity index (χ4v) is 1.96. The SMILES string of the molecule is Cc1cc(C)c(C#N)c(Nc2cccc(C(N)=O)c2)n1. The number of benzene rings is 1. The fraction of sp³-hybridized carbons (Fsp3) is 0.133. The molecular formula is C15H14N4O. The van der Waals surface area contributed by atoms with Crippen LogP contribution in [-0.2, 0) is 0 Å². The summed E-state index contributed by atoms with van der Waals surface area (Å²) in [6.07, 6.45) is 0. The highest BCUT2D eigenvalue weighted by Gasteiger charge is 2.09. The van der Waals surface area contributed by atoms with Crippen LogP contribution in [0.2, 0.25) is 0 Å². The Labute approximate surface area is 117 Å². The van der Waals surface area contributed by atoms with Crippen molar-refractivity contribution in [3.05, 3.63) is 52.7 Å². The molecule has 0 unspecified atom stereocenters. The van der Waals surface area contributed by atoms with Crippen molar-refractivity contribution in [2.45, 2.75) is 13.8 Å². The molecule has 0 bridgehead atoms. The van der Waals surface area contributed by atoms with Gasteiger partial charge in [-0.15, -0.1) is 0 Å². The second kappa shape index (κ2) is 5.41. The van der Waals surface area contributed by atoms with Crippen LogP contribution in [0.5, 0.6) is 0 Å². The molecule has 0 spiro atoms. The summed E-state index contributed by atoms with van der Waals surface area (Å²) < 4.78 is 0. The Balaban J connectivity index is 2.42. The first-order valence-electron chi connectivity index (χ1n) is 6.06. The number of aromatic nitrogens is 1. The predicted octanol–water partition coefficient (Wildman–Crippen LogP) is 2.41. The van der Waals surface area contributed by atoms with Crippen LogP contribution in [0.1, 0.15) is 27.2 Å². The van der Waals surface area contributed by atoms with E-state index in [1.165, 1.54) is 0 Å². The molecule has 0 radical (unpaired) electrons. The molecule has 0 aliphatic heterocycles. The molecule has 0 aliphatic rings. The number of carbonyl (C=O) groups is 1. The van der Waals surface area contributed by atoms with Crippen LogP contribution >= 0.6 is 0 Å². The van der Waals surface area contributed by atoms with Gasteiger partial charge in [0.05, 0.1) is 5.56 Å². The number of primary amides is 1. The van der Waals surface area contributed by atoms with Crippen molar-refractivity contribution in [2.75, 3.05) is 5.32 Å². The molecule has 3 N–H and O–H groups in total. The van der Waals surface area contributed by atoms with Crippen LogP contribution in [0.25, 0.3) is 0 Å². The van der Waals surface area contributed by atoms with Gasteiger partial charge in [-0.1, -0.05) is 6.07 Å². The van der Waals surface area contributed by atoms with Gasteiger partial charge in [0, 0.05) is 16.9 Å². The number of nitrogens with zero attached hydrogens (tertiary/aromatic N) is 2. The molecule has 1 amide bonds. The number of amides is 1. The fourth-order valence-electron chi connectivity index (χ4n) is 1.96. The maximum Gasteiger partial charge on any atom is 0.248 e. The number of carbonyl (C=O) groups excluding carboxylic acids is 1. The highest BCUT2D eigenvalue weighted by molar-refractivity contribution is 5.93. The standard InChI is InChI=1S/C15H14N4O/c1-9-6-10(2)18-15(13(9)8-16)19-12-5-3-4-11(7-12)14(17)20/h3-7H,1-2H3,(H2,17,20)(H,18,19). The molecule has 2 aromatic rings.